The van der Waals surface area contributed by atoms with Gasteiger partial charge in [-0.1, -0.05) is 42.0 Å². The Morgan fingerprint density at radius 1 is 1.15 bits per heavy atom. The molecule has 27 heavy (non-hydrogen) atoms. The smallest absolute Gasteiger partial charge is 0.217 e. The molecule has 0 fully saturated rings. The largest absolute Gasteiger partial charge is 0.278 e. The number of aryl methyl sites for hydroxylation is 1. The predicted molar refractivity (Wildman–Crippen MR) is 113 cm³/mol. The van der Waals surface area contributed by atoms with E-state index in [-0.39, 0.29) is 6.04 Å². The molecule has 4 rings (SSSR count). The number of hydrogen-bond donors (Lipinski definition) is 1. The average molecular weight is 396 g/mol. The van der Waals surface area contributed by atoms with Crippen LogP contribution in [0.1, 0.15) is 23.5 Å². The van der Waals surface area contributed by atoms with Gasteiger partial charge in [-0.05, 0) is 45.2 Å². The molecule has 1 N–H and O–H groups in total. The van der Waals surface area contributed by atoms with E-state index in [1.807, 2.05) is 10.7 Å². The minimum Gasteiger partial charge on any atom is -0.278 e. The molecule has 0 bridgehead atoms. The van der Waals surface area contributed by atoms with Crippen molar-refractivity contribution < 1.29 is 0 Å². The van der Waals surface area contributed by atoms with Crippen molar-refractivity contribution in [3.8, 4) is 11.4 Å². The van der Waals surface area contributed by atoms with Gasteiger partial charge in [-0.2, -0.15) is 4.98 Å². The summed E-state index contributed by atoms with van der Waals surface area (Å²) in [6, 6.07) is 16.7. The highest BCUT2D eigenvalue weighted by molar-refractivity contribution is 7.71. The van der Waals surface area contributed by atoms with Gasteiger partial charge in [-0.25, -0.2) is 9.67 Å². The van der Waals surface area contributed by atoms with Crippen LogP contribution >= 0.6 is 23.6 Å². The van der Waals surface area contributed by atoms with Crippen LogP contribution in [-0.4, -0.2) is 31.7 Å². The number of nitrogens with zero attached hydrogens (tertiary/aromatic N) is 4. The summed E-state index contributed by atoms with van der Waals surface area (Å²) in [7, 11) is 2.07. The Morgan fingerprint density at radius 2 is 1.89 bits per heavy atom. The Bertz CT molecular complexity index is 1090. The molecular formula is C20H21N5S2. The Morgan fingerprint density at radius 3 is 2.63 bits per heavy atom. The van der Waals surface area contributed by atoms with Crippen LogP contribution in [0, 0.1) is 11.7 Å². The number of benzene rings is 2. The molecule has 0 amide bonds. The summed E-state index contributed by atoms with van der Waals surface area (Å²) in [4.78, 5) is 11.5. The summed E-state index contributed by atoms with van der Waals surface area (Å²) in [6.07, 6.45) is 0. The van der Waals surface area contributed by atoms with E-state index in [9.17, 15) is 0 Å². The normalized spacial score (nSPS) is 12.7. The number of thiazole rings is 1. The second kappa shape index (κ2) is 7.34. The van der Waals surface area contributed by atoms with Gasteiger partial charge in [0.1, 0.15) is 5.01 Å². The molecule has 138 valence electrons. The highest BCUT2D eigenvalue weighted by Gasteiger charge is 2.17. The Kier molecular flexibility index (Phi) is 4.90. The lowest BCUT2D eigenvalue weighted by atomic mass is 10.1. The maximum absolute atomic E-state index is 5.45. The molecule has 1 atom stereocenters. The van der Waals surface area contributed by atoms with Gasteiger partial charge in [0.15, 0.2) is 5.82 Å². The summed E-state index contributed by atoms with van der Waals surface area (Å²) in [5.41, 5.74) is 3.31. The van der Waals surface area contributed by atoms with E-state index in [1.165, 1.54) is 10.3 Å². The van der Waals surface area contributed by atoms with Crippen molar-refractivity contribution in [2.75, 3.05) is 7.05 Å². The van der Waals surface area contributed by atoms with Gasteiger partial charge in [0.05, 0.1) is 22.9 Å². The molecule has 0 unspecified atom stereocenters. The first-order chi connectivity index (χ1) is 13.0. The number of para-hydroxylation sites is 1. The molecule has 4 aromatic rings. The first-order valence-corrected chi connectivity index (χ1v) is 10.0. The zero-order valence-corrected chi connectivity index (χ0v) is 17.1. The van der Waals surface area contributed by atoms with E-state index in [0.717, 1.165) is 21.9 Å². The van der Waals surface area contributed by atoms with Crippen molar-refractivity contribution in [2.45, 2.75) is 26.6 Å². The van der Waals surface area contributed by atoms with Gasteiger partial charge in [-0.15, -0.1) is 11.3 Å². The number of aromatic nitrogens is 4. The van der Waals surface area contributed by atoms with Crippen LogP contribution in [0.15, 0.2) is 48.5 Å². The van der Waals surface area contributed by atoms with Gasteiger partial charge in [0, 0.05) is 5.56 Å². The van der Waals surface area contributed by atoms with Crippen molar-refractivity contribution in [2.24, 2.45) is 0 Å². The highest BCUT2D eigenvalue weighted by Crippen LogP contribution is 2.29. The molecule has 0 saturated carbocycles. The number of hydrogen-bond acceptors (Lipinski definition) is 5. The monoisotopic (exact) mass is 395 g/mol. The van der Waals surface area contributed by atoms with Crippen LogP contribution < -0.4 is 0 Å². The first-order valence-electron chi connectivity index (χ1n) is 8.81. The molecular weight excluding hydrogens is 374 g/mol. The van der Waals surface area contributed by atoms with E-state index < -0.39 is 0 Å². The minimum atomic E-state index is 0.176. The quantitative estimate of drug-likeness (QED) is 0.473. The number of fused-ring (bicyclic) bond motifs is 1. The minimum absolute atomic E-state index is 0.176. The van der Waals surface area contributed by atoms with Crippen molar-refractivity contribution in [3.05, 3.63) is 63.9 Å². The van der Waals surface area contributed by atoms with E-state index in [2.05, 4.69) is 78.3 Å². The zero-order chi connectivity index (χ0) is 19.0. The van der Waals surface area contributed by atoms with Crippen LogP contribution in [0.2, 0.25) is 0 Å². The fourth-order valence-electron chi connectivity index (χ4n) is 2.90. The molecule has 5 nitrogen and oxygen atoms in total. The van der Waals surface area contributed by atoms with Gasteiger partial charge >= 0.3 is 0 Å². The molecule has 0 aliphatic carbocycles. The van der Waals surface area contributed by atoms with Gasteiger partial charge in [0.25, 0.3) is 0 Å². The van der Waals surface area contributed by atoms with Crippen molar-refractivity contribution in [1.82, 2.24) is 24.6 Å². The van der Waals surface area contributed by atoms with Gasteiger partial charge in [-0.3, -0.25) is 10.00 Å². The van der Waals surface area contributed by atoms with Crippen molar-refractivity contribution in [1.29, 1.82) is 0 Å². The zero-order valence-electron chi connectivity index (χ0n) is 15.5. The molecule has 2 aromatic carbocycles. The van der Waals surface area contributed by atoms with E-state index >= 15 is 0 Å². The maximum Gasteiger partial charge on any atom is 0.217 e. The highest BCUT2D eigenvalue weighted by atomic mass is 32.1. The Hall–Kier alpha value is -2.35. The van der Waals surface area contributed by atoms with Crippen molar-refractivity contribution >= 4 is 33.8 Å². The second-order valence-corrected chi connectivity index (χ2v) is 8.17. The Labute approximate surface area is 167 Å². The lowest BCUT2D eigenvalue weighted by Crippen LogP contribution is -2.26. The molecule has 2 heterocycles. The molecule has 0 radical (unpaired) electrons. The summed E-state index contributed by atoms with van der Waals surface area (Å²) in [5.74, 6) is 0.793. The lowest BCUT2D eigenvalue weighted by Gasteiger charge is -2.22. The lowest BCUT2D eigenvalue weighted by molar-refractivity contribution is 0.195. The number of rotatable bonds is 5. The van der Waals surface area contributed by atoms with Crippen LogP contribution in [-0.2, 0) is 6.67 Å². The number of H-pyrrole nitrogens is 1. The SMILES string of the molecule is Cc1ccc(-c2nc(=S)n(CN(C)[C@@H](C)c3nc4ccccc4s3)[nH]2)cc1. The third-order valence-corrected chi connectivity index (χ3v) is 6.22. The second-order valence-electron chi connectivity index (χ2n) is 6.74. The average Bonchev–Trinajstić information content (AvgIpc) is 3.25. The first kappa shape index (κ1) is 18.0. The number of nitrogens with one attached hydrogen (secondary N) is 1. The number of aromatic amines is 1. The van der Waals surface area contributed by atoms with Crippen LogP contribution in [0.4, 0.5) is 0 Å². The standard InChI is InChI=1S/C20H21N5S2/c1-13-8-10-15(11-9-13)18-22-20(26)25(23-18)12-24(3)14(2)19-21-16-6-4-5-7-17(16)27-19/h4-11,14H,12H2,1-3H3,(H,22,23,26)/t14-/m0/s1. The predicted octanol–water partition coefficient (Wildman–Crippen LogP) is 5.18. The molecule has 0 aliphatic rings. The van der Waals surface area contributed by atoms with Gasteiger partial charge in [0.2, 0.25) is 4.77 Å². The van der Waals surface area contributed by atoms with Crippen LogP contribution in [0.3, 0.4) is 0 Å². The van der Waals surface area contributed by atoms with E-state index in [4.69, 9.17) is 17.2 Å². The van der Waals surface area contributed by atoms with E-state index in [1.54, 1.807) is 11.3 Å². The van der Waals surface area contributed by atoms with Crippen LogP contribution in [0.25, 0.3) is 21.6 Å². The maximum atomic E-state index is 5.45. The summed E-state index contributed by atoms with van der Waals surface area (Å²) in [5, 5.41) is 4.42. The molecule has 0 aliphatic heterocycles. The van der Waals surface area contributed by atoms with E-state index in [0.29, 0.717) is 11.4 Å². The van der Waals surface area contributed by atoms with Crippen molar-refractivity contribution in [3.63, 3.8) is 0 Å². The molecule has 0 saturated heterocycles. The molecule has 0 spiro atoms. The summed E-state index contributed by atoms with van der Waals surface area (Å²) in [6.45, 7) is 4.86. The fourth-order valence-corrected chi connectivity index (χ4v) is 4.18. The topological polar surface area (TPSA) is 49.7 Å². The third kappa shape index (κ3) is 3.71. The molecule has 2 aromatic heterocycles. The Balaban J connectivity index is 1.54. The summed E-state index contributed by atoms with van der Waals surface area (Å²) < 4.78 is 3.66. The fraction of sp³-hybridized carbons (Fsp3) is 0.250. The third-order valence-electron chi connectivity index (χ3n) is 4.70. The van der Waals surface area contributed by atoms with Crippen LogP contribution in [0.5, 0.6) is 0 Å². The summed E-state index contributed by atoms with van der Waals surface area (Å²) >= 11 is 7.19. The molecule has 7 heteroatoms. The van der Waals surface area contributed by atoms with Gasteiger partial charge < -0.3 is 0 Å².